The highest BCUT2D eigenvalue weighted by Crippen LogP contribution is 2.25. The number of hydrogen-bond acceptors (Lipinski definition) is 6. The molecule has 0 radical (unpaired) electrons. The van der Waals surface area contributed by atoms with Crippen LogP contribution in [-0.2, 0) is 14.3 Å². The average molecular weight is 404 g/mol. The highest BCUT2D eigenvalue weighted by Gasteiger charge is 2.18. The van der Waals surface area contributed by atoms with E-state index in [1.165, 1.54) is 24.5 Å². The van der Waals surface area contributed by atoms with Crippen LogP contribution in [-0.4, -0.2) is 30.5 Å². The zero-order valence-electron chi connectivity index (χ0n) is 17.0. The van der Waals surface area contributed by atoms with Gasteiger partial charge in [0.15, 0.2) is 12.4 Å². The molecule has 0 amide bonds. The van der Waals surface area contributed by atoms with Crippen molar-refractivity contribution in [1.29, 1.82) is 0 Å². The number of Topliss-reactive ketones (excluding diaryl/α,β-unsaturated/α-hetero) is 1. The lowest BCUT2D eigenvalue weighted by Gasteiger charge is -2.12. The highest BCUT2D eigenvalue weighted by molar-refractivity contribution is 7.07. The van der Waals surface area contributed by atoms with Crippen molar-refractivity contribution in [2.75, 3.05) is 13.7 Å². The normalized spacial score (nSPS) is 12.9. The number of rotatable bonds is 5. The van der Waals surface area contributed by atoms with E-state index < -0.39 is 11.4 Å². The molecule has 0 aliphatic carbocycles. The maximum Gasteiger partial charge on any atom is 0.343 e. The number of thiazole rings is 1. The molecule has 1 N–H and O–H groups in total. The van der Waals surface area contributed by atoms with Crippen LogP contribution < -0.4 is 19.5 Å². The van der Waals surface area contributed by atoms with E-state index in [2.05, 4.69) is 9.72 Å². The Bertz CT molecular complexity index is 1050. The average Bonchev–Trinajstić information content (AvgIpc) is 2.92. The quantitative estimate of drug-likeness (QED) is 0.770. The van der Waals surface area contributed by atoms with E-state index in [0.29, 0.717) is 14.9 Å². The summed E-state index contributed by atoms with van der Waals surface area (Å²) in [4.78, 5) is 38.4. The number of aryl methyl sites for hydroxylation is 2. The third-order valence-electron chi connectivity index (χ3n) is 4.02. The van der Waals surface area contributed by atoms with E-state index in [1.807, 2.05) is 46.8 Å². The van der Waals surface area contributed by atoms with Crippen LogP contribution >= 0.6 is 11.3 Å². The summed E-state index contributed by atoms with van der Waals surface area (Å²) in [6.45, 7) is 9.08. The van der Waals surface area contributed by atoms with E-state index in [9.17, 15) is 14.4 Å². The molecule has 1 aromatic carbocycles. The Kier molecular flexibility index (Phi) is 6.61. The number of carbonyl (C=O) groups excluding carboxylic acids is 2. The van der Waals surface area contributed by atoms with Gasteiger partial charge >= 0.3 is 5.97 Å². The number of hydrogen-bond donors (Lipinski definition) is 1. The first-order valence-corrected chi connectivity index (χ1v) is 9.61. The molecule has 0 unspecified atom stereocenters. The van der Waals surface area contributed by atoms with Crippen LogP contribution in [0.3, 0.4) is 0 Å². The molecule has 0 aliphatic heterocycles. The molecule has 1 heterocycles. The highest BCUT2D eigenvalue weighted by atomic mass is 32.1. The zero-order chi connectivity index (χ0) is 21.1. The second-order valence-corrected chi connectivity index (χ2v) is 8.62. The van der Waals surface area contributed by atoms with E-state index in [4.69, 9.17) is 4.74 Å². The van der Waals surface area contributed by atoms with Crippen molar-refractivity contribution < 1.29 is 19.1 Å². The summed E-state index contributed by atoms with van der Waals surface area (Å²) in [5.41, 5.74) is 1.79. The van der Waals surface area contributed by atoms with E-state index in [0.717, 1.165) is 16.7 Å². The fraction of sp³-hybridized carbons (Fsp3) is 0.381. The molecule has 0 atom stereocenters. The maximum absolute atomic E-state index is 12.2. The topological polar surface area (TPSA) is 85.5 Å². The lowest BCUT2D eigenvalue weighted by Crippen LogP contribution is -2.22. The van der Waals surface area contributed by atoms with Crippen LogP contribution in [0.2, 0.25) is 0 Å². The van der Waals surface area contributed by atoms with E-state index in [-0.39, 0.29) is 17.9 Å². The predicted molar refractivity (Wildman–Crippen MR) is 110 cm³/mol. The molecule has 1 aromatic heterocycles. The fourth-order valence-electron chi connectivity index (χ4n) is 2.50. The van der Waals surface area contributed by atoms with Gasteiger partial charge in [-0.25, -0.2) is 4.79 Å². The predicted octanol–water partition coefficient (Wildman–Crippen LogP) is 1.83. The molecule has 0 saturated heterocycles. The number of benzene rings is 1. The molecule has 150 valence electrons. The van der Waals surface area contributed by atoms with E-state index >= 15 is 0 Å². The van der Waals surface area contributed by atoms with Gasteiger partial charge < -0.3 is 14.5 Å². The van der Waals surface area contributed by atoms with Crippen molar-refractivity contribution in [3.8, 4) is 5.75 Å². The van der Waals surface area contributed by atoms with Gasteiger partial charge in [0.1, 0.15) is 5.75 Å². The van der Waals surface area contributed by atoms with Crippen LogP contribution in [0, 0.1) is 19.3 Å². The summed E-state index contributed by atoms with van der Waals surface area (Å²) in [5.74, 6) is 0.121. The summed E-state index contributed by atoms with van der Waals surface area (Å²) >= 11 is 1.24. The van der Waals surface area contributed by atoms with Crippen LogP contribution in [0.1, 0.15) is 37.5 Å². The van der Waals surface area contributed by atoms with Gasteiger partial charge in [-0.2, -0.15) is 0 Å². The number of esters is 1. The number of carbonyl (C=O) groups is 2. The first-order valence-electron chi connectivity index (χ1n) is 8.79. The largest absolute Gasteiger partial charge is 0.481 e. The molecule has 2 aromatic rings. The van der Waals surface area contributed by atoms with Crippen LogP contribution in [0.25, 0.3) is 12.2 Å². The smallest absolute Gasteiger partial charge is 0.343 e. The van der Waals surface area contributed by atoms with Gasteiger partial charge in [0.2, 0.25) is 0 Å². The Labute approximate surface area is 167 Å². The van der Waals surface area contributed by atoms with Gasteiger partial charge in [0.05, 0.1) is 16.3 Å². The molecular weight excluding hydrogens is 378 g/mol. The first-order chi connectivity index (χ1) is 13.0. The van der Waals surface area contributed by atoms with Crippen molar-refractivity contribution in [3.63, 3.8) is 0 Å². The standard InChI is InChI=1S/C21H25NO5S/c1-12-7-14(8-13(2)19(12)27-11-18(24)26-6)9-15-20(25)22-17(28-15)10-16(23)21(3,4)5/h7-10H,11H2,1-6H3,(H,22,25). The van der Waals surface area contributed by atoms with Gasteiger partial charge in [0.25, 0.3) is 5.56 Å². The van der Waals surface area contributed by atoms with Crippen LogP contribution in [0.4, 0.5) is 0 Å². The van der Waals surface area contributed by atoms with Crippen LogP contribution in [0.15, 0.2) is 16.9 Å². The maximum atomic E-state index is 12.2. The minimum absolute atomic E-state index is 0.0460. The molecule has 0 fully saturated rings. The zero-order valence-corrected chi connectivity index (χ0v) is 17.8. The fourth-order valence-corrected chi connectivity index (χ4v) is 3.38. The Hall–Kier alpha value is -2.67. The minimum atomic E-state index is -0.501. The first kappa shape index (κ1) is 21.6. The van der Waals surface area contributed by atoms with Gasteiger partial charge in [0, 0.05) is 11.5 Å². The molecule has 0 aliphatic rings. The molecule has 2 rings (SSSR count). The summed E-state index contributed by atoms with van der Waals surface area (Å²) in [7, 11) is 1.31. The number of aromatic nitrogens is 1. The van der Waals surface area contributed by atoms with E-state index in [1.54, 1.807) is 6.08 Å². The van der Waals surface area contributed by atoms with Crippen molar-refractivity contribution >= 4 is 35.2 Å². The molecule has 6 nitrogen and oxygen atoms in total. The Morgan fingerprint density at radius 1 is 1.18 bits per heavy atom. The molecular formula is C21H25NO5S. The van der Waals surface area contributed by atoms with Crippen molar-refractivity contribution in [3.05, 3.63) is 48.4 Å². The number of methoxy groups -OCH3 is 1. The summed E-state index contributed by atoms with van der Waals surface area (Å²) in [5, 5.41) is 0. The van der Waals surface area contributed by atoms with Crippen LogP contribution in [0.5, 0.6) is 5.75 Å². The lowest BCUT2D eigenvalue weighted by molar-refractivity contribution is -0.142. The Morgan fingerprint density at radius 3 is 2.32 bits per heavy atom. The number of ether oxygens (including phenoxy) is 2. The SMILES string of the molecule is COC(=O)COc1c(C)cc(C=c2sc(=CC(=O)C(C)(C)C)[nH]c2=O)cc1C. The van der Waals surface area contributed by atoms with Crippen molar-refractivity contribution in [2.45, 2.75) is 34.6 Å². The molecule has 7 heteroatoms. The summed E-state index contributed by atoms with van der Waals surface area (Å²) in [6, 6.07) is 3.75. The van der Waals surface area contributed by atoms with Gasteiger partial charge in [-0.05, 0) is 48.7 Å². The third-order valence-corrected chi connectivity index (χ3v) is 4.99. The lowest BCUT2D eigenvalue weighted by atomic mass is 9.91. The monoisotopic (exact) mass is 403 g/mol. The number of nitrogens with one attached hydrogen (secondary N) is 1. The van der Waals surface area contributed by atoms with Crippen molar-refractivity contribution in [1.82, 2.24) is 4.98 Å². The summed E-state index contributed by atoms with van der Waals surface area (Å²) < 4.78 is 11.2. The third kappa shape index (κ3) is 5.42. The number of aromatic amines is 1. The minimum Gasteiger partial charge on any atom is -0.481 e. The molecule has 0 bridgehead atoms. The second kappa shape index (κ2) is 8.56. The molecule has 28 heavy (non-hydrogen) atoms. The van der Waals surface area contributed by atoms with Gasteiger partial charge in [-0.15, -0.1) is 11.3 Å². The number of ketones is 1. The second-order valence-electron chi connectivity index (χ2n) is 7.54. The summed E-state index contributed by atoms with van der Waals surface area (Å²) in [6.07, 6.45) is 3.25. The van der Waals surface area contributed by atoms with Crippen molar-refractivity contribution in [2.24, 2.45) is 5.41 Å². The number of H-pyrrole nitrogens is 1. The Balaban J connectivity index is 2.39. The van der Waals surface area contributed by atoms with Gasteiger partial charge in [-0.1, -0.05) is 20.8 Å². The molecule has 0 spiro atoms. The Morgan fingerprint density at radius 2 is 1.79 bits per heavy atom. The molecule has 0 saturated carbocycles. The van der Waals surface area contributed by atoms with Gasteiger partial charge in [-0.3, -0.25) is 9.59 Å².